The van der Waals surface area contributed by atoms with E-state index in [2.05, 4.69) is 21.6 Å². The van der Waals surface area contributed by atoms with Crippen LogP contribution in [0.15, 0.2) is 55.0 Å². The molecule has 4 aromatic rings. The normalized spacial score (nSPS) is 11.1. The van der Waals surface area contributed by atoms with E-state index in [0.29, 0.717) is 30.0 Å². The standard InChI is InChI=1S/C24H24N6O2/c1-16(2)23-17(12-25)5-4-6-21(23)24(31)28-19-8-7-18-13-27-30(22(18)11-19)20-14-26-29(15-20)9-10-32-3/h4-8,11,13-16H,9-10H2,1-3H3,(H,28,31). The van der Waals surface area contributed by atoms with E-state index in [0.717, 1.165) is 22.2 Å². The molecule has 0 spiro atoms. The fraction of sp³-hybridized carbons (Fsp3) is 0.250. The van der Waals surface area contributed by atoms with Crippen LogP contribution in [0.4, 0.5) is 5.69 Å². The number of aromatic nitrogens is 4. The number of nitrogens with zero attached hydrogens (tertiary/aromatic N) is 5. The SMILES string of the molecule is COCCn1cc(-n2ncc3ccc(NC(=O)c4cccc(C#N)c4C(C)C)cc32)cn1. The van der Waals surface area contributed by atoms with Crippen molar-refractivity contribution in [2.24, 2.45) is 0 Å². The Kier molecular flexibility index (Phi) is 6.01. The van der Waals surface area contributed by atoms with Gasteiger partial charge in [0.25, 0.3) is 5.91 Å². The third-order valence-corrected chi connectivity index (χ3v) is 5.27. The molecular weight excluding hydrogens is 404 g/mol. The molecule has 2 heterocycles. The first-order valence-electron chi connectivity index (χ1n) is 10.4. The second kappa shape index (κ2) is 9.04. The Morgan fingerprint density at radius 3 is 2.81 bits per heavy atom. The number of fused-ring (bicyclic) bond motifs is 1. The summed E-state index contributed by atoms with van der Waals surface area (Å²) in [6.45, 7) is 5.17. The van der Waals surface area contributed by atoms with E-state index < -0.39 is 0 Å². The Bertz CT molecular complexity index is 1310. The average molecular weight is 428 g/mol. The molecule has 32 heavy (non-hydrogen) atoms. The Labute approximate surface area is 186 Å². The molecule has 162 valence electrons. The number of ether oxygens (including phenoxy) is 1. The van der Waals surface area contributed by atoms with E-state index >= 15 is 0 Å². The van der Waals surface area contributed by atoms with Crippen LogP contribution in [0.2, 0.25) is 0 Å². The lowest BCUT2D eigenvalue weighted by Crippen LogP contribution is -2.16. The second-order valence-electron chi connectivity index (χ2n) is 7.77. The molecule has 0 bridgehead atoms. The largest absolute Gasteiger partial charge is 0.383 e. The molecule has 0 unspecified atom stereocenters. The zero-order valence-corrected chi connectivity index (χ0v) is 18.2. The monoisotopic (exact) mass is 428 g/mol. The van der Waals surface area contributed by atoms with E-state index in [9.17, 15) is 10.1 Å². The molecule has 1 amide bonds. The molecule has 0 radical (unpaired) electrons. The number of amides is 1. The number of carbonyl (C=O) groups excluding carboxylic acids is 1. The molecule has 2 aromatic heterocycles. The number of hydrogen-bond acceptors (Lipinski definition) is 5. The van der Waals surface area contributed by atoms with Crippen molar-refractivity contribution >= 4 is 22.5 Å². The van der Waals surface area contributed by atoms with Gasteiger partial charge in [-0.05, 0) is 41.8 Å². The maximum atomic E-state index is 13.1. The van der Waals surface area contributed by atoms with Crippen LogP contribution in [-0.4, -0.2) is 39.2 Å². The first-order chi connectivity index (χ1) is 15.5. The summed E-state index contributed by atoms with van der Waals surface area (Å²) in [5.41, 5.74) is 4.10. The van der Waals surface area contributed by atoms with E-state index in [1.54, 1.807) is 47.1 Å². The van der Waals surface area contributed by atoms with Gasteiger partial charge in [0.1, 0.15) is 5.69 Å². The van der Waals surface area contributed by atoms with Gasteiger partial charge < -0.3 is 10.1 Å². The van der Waals surface area contributed by atoms with Gasteiger partial charge in [-0.25, -0.2) is 4.68 Å². The van der Waals surface area contributed by atoms with Gasteiger partial charge >= 0.3 is 0 Å². The quantitative estimate of drug-likeness (QED) is 0.478. The average Bonchev–Trinajstić information content (AvgIpc) is 3.43. The summed E-state index contributed by atoms with van der Waals surface area (Å²) in [5.74, 6) is -0.200. The maximum absolute atomic E-state index is 13.1. The number of hydrogen-bond donors (Lipinski definition) is 1. The van der Waals surface area contributed by atoms with Crippen LogP contribution in [-0.2, 0) is 11.3 Å². The van der Waals surface area contributed by atoms with Gasteiger partial charge in [0.15, 0.2) is 0 Å². The number of nitrogens with one attached hydrogen (secondary N) is 1. The van der Waals surface area contributed by atoms with Crippen molar-refractivity contribution in [2.75, 3.05) is 19.0 Å². The third-order valence-electron chi connectivity index (χ3n) is 5.27. The van der Waals surface area contributed by atoms with Gasteiger partial charge in [-0.3, -0.25) is 9.48 Å². The van der Waals surface area contributed by atoms with Crippen molar-refractivity contribution in [1.82, 2.24) is 19.6 Å². The summed E-state index contributed by atoms with van der Waals surface area (Å²) in [4.78, 5) is 13.1. The number of carbonyl (C=O) groups is 1. The van der Waals surface area contributed by atoms with Crippen LogP contribution in [0, 0.1) is 11.3 Å². The molecule has 4 rings (SSSR count). The molecule has 0 saturated heterocycles. The van der Waals surface area contributed by atoms with Gasteiger partial charge in [0, 0.05) is 23.7 Å². The van der Waals surface area contributed by atoms with Gasteiger partial charge in [0.2, 0.25) is 0 Å². The molecule has 0 atom stereocenters. The fourth-order valence-corrected chi connectivity index (χ4v) is 3.75. The zero-order valence-electron chi connectivity index (χ0n) is 18.2. The van der Waals surface area contributed by atoms with Crippen LogP contribution in [0.1, 0.15) is 41.3 Å². The first kappa shape index (κ1) is 21.3. The van der Waals surface area contributed by atoms with Crippen molar-refractivity contribution in [2.45, 2.75) is 26.3 Å². The van der Waals surface area contributed by atoms with Gasteiger partial charge in [0.05, 0.1) is 48.9 Å². The predicted octanol–water partition coefficient (Wildman–Crippen LogP) is 4.12. The second-order valence-corrected chi connectivity index (χ2v) is 7.77. The highest BCUT2D eigenvalue weighted by molar-refractivity contribution is 6.06. The summed E-state index contributed by atoms with van der Waals surface area (Å²) in [7, 11) is 1.65. The minimum absolute atomic E-state index is 0.0464. The highest BCUT2D eigenvalue weighted by Gasteiger charge is 2.18. The van der Waals surface area contributed by atoms with E-state index in [-0.39, 0.29) is 11.8 Å². The number of methoxy groups -OCH3 is 1. The maximum Gasteiger partial charge on any atom is 0.255 e. The Morgan fingerprint density at radius 2 is 2.06 bits per heavy atom. The number of anilines is 1. The molecule has 8 heteroatoms. The summed E-state index contributed by atoms with van der Waals surface area (Å²) < 4.78 is 8.69. The molecular formula is C24H24N6O2. The molecule has 0 aliphatic rings. The topological polar surface area (TPSA) is 97.8 Å². The lowest BCUT2D eigenvalue weighted by atomic mass is 9.92. The minimum atomic E-state index is -0.247. The van der Waals surface area contributed by atoms with Crippen molar-refractivity contribution in [3.63, 3.8) is 0 Å². The summed E-state index contributed by atoms with van der Waals surface area (Å²) in [6, 6.07) is 13.1. The fourth-order valence-electron chi connectivity index (χ4n) is 3.75. The Balaban J connectivity index is 1.64. The van der Waals surface area contributed by atoms with Crippen molar-refractivity contribution in [3.8, 4) is 11.8 Å². The smallest absolute Gasteiger partial charge is 0.255 e. The van der Waals surface area contributed by atoms with Crippen LogP contribution >= 0.6 is 0 Å². The summed E-state index contributed by atoms with van der Waals surface area (Å²) in [5, 5.41) is 22.2. The highest BCUT2D eigenvalue weighted by Crippen LogP contribution is 2.26. The van der Waals surface area contributed by atoms with Crippen LogP contribution < -0.4 is 5.32 Å². The molecule has 2 aromatic carbocycles. The van der Waals surface area contributed by atoms with Gasteiger partial charge in [-0.2, -0.15) is 15.5 Å². The number of nitriles is 1. The van der Waals surface area contributed by atoms with Crippen molar-refractivity contribution < 1.29 is 9.53 Å². The summed E-state index contributed by atoms with van der Waals surface area (Å²) >= 11 is 0. The van der Waals surface area contributed by atoms with Crippen LogP contribution in [0.3, 0.4) is 0 Å². The Morgan fingerprint density at radius 1 is 1.22 bits per heavy atom. The molecule has 0 aliphatic heterocycles. The zero-order chi connectivity index (χ0) is 22.7. The summed E-state index contributed by atoms with van der Waals surface area (Å²) in [6.07, 6.45) is 5.43. The van der Waals surface area contributed by atoms with Gasteiger partial charge in [-0.15, -0.1) is 0 Å². The number of benzene rings is 2. The van der Waals surface area contributed by atoms with Crippen molar-refractivity contribution in [1.29, 1.82) is 5.26 Å². The van der Waals surface area contributed by atoms with Gasteiger partial charge in [-0.1, -0.05) is 19.9 Å². The van der Waals surface area contributed by atoms with E-state index in [1.165, 1.54) is 0 Å². The van der Waals surface area contributed by atoms with Crippen LogP contribution in [0.25, 0.3) is 16.6 Å². The molecule has 0 aliphatic carbocycles. The van der Waals surface area contributed by atoms with Crippen LogP contribution in [0.5, 0.6) is 0 Å². The van der Waals surface area contributed by atoms with E-state index in [1.807, 2.05) is 38.2 Å². The minimum Gasteiger partial charge on any atom is -0.383 e. The molecule has 1 N–H and O–H groups in total. The lowest BCUT2D eigenvalue weighted by molar-refractivity contribution is 0.102. The molecule has 8 nitrogen and oxygen atoms in total. The van der Waals surface area contributed by atoms with Crippen molar-refractivity contribution in [3.05, 3.63) is 71.7 Å². The predicted molar refractivity (Wildman–Crippen MR) is 122 cm³/mol. The molecule has 0 fully saturated rings. The molecule has 0 saturated carbocycles. The highest BCUT2D eigenvalue weighted by atomic mass is 16.5. The van der Waals surface area contributed by atoms with E-state index in [4.69, 9.17) is 4.74 Å². The third kappa shape index (κ3) is 4.11. The first-order valence-corrected chi connectivity index (χ1v) is 10.4. The lowest BCUT2D eigenvalue weighted by Gasteiger charge is -2.14. The number of rotatable bonds is 7. The Hall–Kier alpha value is -3.96.